The summed E-state index contributed by atoms with van der Waals surface area (Å²) in [5, 5.41) is 3.43. The first-order valence-corrected chi connectivity index (χ1v) is 10.8. The van der Waals surface area contributed by atoms with E-state index in [0.717, 1.165) is 49.2 Å². The van der Waals surface area contributed by atoms with Crippen LogP contribution in [0.4, 0.5) is 0 Å². The van der Waals surface area contributed by atoms with E-state index in [1.807, 2.05) is 35.2 Å². The molecule has 2 aromatic rings. The zero-order chi connectivity index (χ0) is 22.0. The molecule has 0 saturated carbocycles. The van der Waals surface area contributed by atoms with Gasteiger partial charge in [0.2, 0.25) is 11.8 Å². The van der Waals surface area contributed by atoms with Crippen molar-refractivity contribution < 1.29 is 14.4 Å². The molecule has 0 unspecified atom stereocenters. The fraction of sp³-hybridized carbons (Fsp3) is 0.478. The van der Waals surface area contributed by atoms with Crippen LogP contribution in [0.25, 0.3) is 10.9 Å². The summed E-state index contributed by atoms with van der Waals surface area (Å²) >= 11 is 0. The topological polar surface area (TPSA) is 85.8 Å². The zero-order valence-corrected chi connectivity index (χ0v) is 18.1. The largest absolute Gasteiger partial charge is 0.347 e. The highest BCUT2D eigenvalue weighted by Crippen LogP contribution is 2.30. The number of hydrogen-bond donors (Lipinski definition) is 1. The molecule has 3 amide bonds. The number of piperazine rings is 1. The predicted octanol–water partition coefficient (Wildman–Crippen LogP) is 1.07. The van der Waals surface area contributed by atoms with Gasteiger partial charge in [0.1, 0.15) is 0 Å². The van der Waals surface area contributed by atoms with Crippen molar-refractivity contribution in [3.63, 3.8) is 0 Å². The molecule has 1 N–H and O–H groups in total. The van der Waals surface area contributed by atoms with E-state index >= 15 is 0 Å². The van der Waals surface area contributed by atoms with Gasteiger partial charge in [-0.25, -0.2) is 0 Å². The molecule has 0 aliphatic carbocycles. The minimum atomic E-state index is -0.215. The van der Waals surface area contributed by atoms with Gasteiger partial charge >= 0.3 is 0 Å². The van der Waals surface area contributed by atoms with Crippen LogP contribution in [-0.2, 0) is 9.59 Å². The maximum atomic E-state index is 13.4. The van der Waals surface area contributed by atoms with Crippen molar-refractivity contribution >= 4 is 28.6 Å². The number of nitrogens with one attached hydrogen (secondary N) is 1. The third-order valence-electron chi connectivity index (χ3n) is 6.20. The Morgan fingerprint density at radius 3 is 2.55 bits per heavy atom. The van der Waals surface area contributed by atoms with E-state index in [-0.39, 0.29) is 30.2 Å². The predicted molar refractivity (Wildman–Crippen MR) is 118 cm³/mol. The fourth-order valence-corrected chi connectivity index (χ4v) is 4.30. The van der Waals surface area contributed by atoms with Gasteiger partial charge in [0.25, 0.3) is 5.91 Å². The number of fused-ring (bicyclic) bond motifs is 1. The number of nitrogens with zero attached hydrogens (tertiary/aromatic N) is 4. The number of carbonyl (C=O) groups excluding carboxylic acids is 3. The monoisotopic (exact) mass is 423 g/mol. The van der Waals surface area contributed by atoms with E-state index in [4.69, 9.17) is 4.98 Å². The molecule has 31 heavy (non-hydrogen) atoms. The Bertz CT molecular complexity index is 1000. The molecule has 3 heterocycles. The summed E-state index contributed by atoms with van der Waals surface area (Å²) in [5.41, 5.74) is 2.35. The lowest BCUT2D eigenvalue weighted by Gasteiger charge is -2.32. The van der Waals surface area contributed by atoms with Crippen LogP contribution in [0.3, 0.4) is 0 Å². The average Bonchev–Trinajstić information content (AvgIpc) is 3.27. The fourth-order valence-electron chi connectivity index (χ4n) is 4.30. The zero-order valence-electron chi connectivity index (χ0n) is 18.1. The van der Waals surface area contributed by atoms with E-state index in [9.17, 15) is 14.4 Å². The molecular formula is C23H29N5O3. The van der Waals surface area contributed by atoms with Gasteiger partial charge in [0.05, 0.1) is 17.6 Å². The Morgan fingerprint density at radius 1 is 1.06 bits per heavy atom. The van der Waals surface area contributed by atoms with Crippen molar-refractivity contribution in [1.29, 1.82) is 0 Å². The number of amides is 3. The second kappa shape index (κ2) is 9.01. The SMILES string of the molecule is CC(=O)NCC(=O)N1CC[C@@H](c2cc(C(=O)N3CCN(C)CC3)c3ccccc3n2)C1. The molecule has 8 nitrogen and oxygen atoms in total. The van der Waals surface area contributed by atoms with Crippen LogP contribution in [0.5, 0.6) is 0 Å². The van der Waals surface area contributed by atoms with Crippen LogP contribution < -0.4 is 5.32 Å². The first-order chi connectivity index (χ1) is 14.9. The molecule has 1 atom stereocenters. The molecular weight excluding hydrogens is 394 g/mol. The number of likely N-dealkylation sites (N-methyl/N-ethyl adjacent to an activating group) is 1. The lowest BCUT2D eigenvalue weighted by Crippen LogP contribution is -2.47. The number of para-hydroxylation sites is 1. The summed E-state index contributed by atoms with van der Waals surface area (Å²) in [6, 6.07) is 9.68. The smallest absolute Gasteiger partial charge is 0.254 e. The summed E-state index contributed by atoms with van der Waals surface area (Å²) in [6.07, 6.45) is 0.791. The van der Waals surface area contributed by atoms with Crippen LogP contribution in [0.15, 0.2) is 30.3 Å². The van der Waals surface area contributed by atoms with Gasteiger partial charge in [-0.2, -0.15) is 0 Å². The van der Waals surface area contributed by atoms with Gasteiger partial charge in [-0.1, -0.05) is 18.2 Å². The lowest BCUT2D eigenvalue weighted by molar-refractivity contribution is -0.131. The van der Waals surface area contributed by atoms with Gasteiger partial charge in [-0.05, 0) is 25.6 Å². The van der Waals surface area contributed by atoms with Gasteiger partial charge < -0.3 is 20.0 Å². The number of likely N-dealkylation sites (tertiary alicyclic amines) is 1. The van der Waals surface area contributed by atoms with Gasteiger partial charge in [-0.15, -0.1) is 0 Å². The van der Waals surface area contributed by atoms with Gasteiger partial charge in [0.15, 0.2) is 0 Å². The highest BCUT2D eigenvalue weighted by Gasteiger charge is 2.30. The molecule has 4 rings (SSSR count). The highest BCUT2D eigenvalue weighted by atomic mass is 16.2. The molecule has 1 aromatic heterocycles. The first kappa shape index (κ1) is 21.2. The van der Waals surface area contributed by atoms with E-state index in [1.165, 1.54) is 6.92 Å². The second-order valence-corrected chi connectivity index (χ2v) is 8.44. The van der Waals surface area contributed by atoms with Crippen molar-refractivity contribution in [2.75, 3.05) is 52.9 Å². The molecule has 0 bridgehead atoms. The average molecular weight is 424 g/mol. The number of pyridine rings is 1. The molecule has 0 spiro atoms. The van der Waals surface area contributed by atoms with Crippen LogP contribution >= 0.6 is 0 Å². The third-order valence-corrected chi connectivity index (χ3v) is 6.20. The number of hydrogen-bond acceptors (Lipinski definition) is 5. The van der Waals surface area contributed by atoms with Crippen molar-refractivity contribution in [2.45, 2.75) is 19.3 Å². The minimum Gasteiger partial charge on any atom is -0.347 e. The highest BCUT2D eigenvalue weighted by molar-refractivity contribution is 6.06. The Balaban J connectivity index is 1.57. The van der Waals surface area contributed by atoms with Crippen molar-refractivity contribution in [3.8, 4) is 0 Å². The Hall–Kier alpha value is -3.00. The molecule has 1 aromatic carbocycles. The molecule has 2 aliphatic heterocycles. The Labute approximate surface area is 182 Å². The summed E-state index contributed by atoms with van der Waals surface area (Å²) < 4.78 is 0. The summed E-state index contributed by atoms with van der Waals surface area (Å²) in [5.74, 6) is -0.186. The van der Waals surface area contributed by atoms with Crippen molar-refractivity contribution in [2.24, 2.45) is 0 Å². The number of rotatable bonds is 4. The van der Waals surface area contributed by atoms with Gasteiger partial charge in [0, 0.05) is 63.2 Å². The summed E-state index contributed by atoms with van der Waals surface area (Å²) in [4.78, 5) is 47.6. The molecule has 2 fully saturated rings. The molecule has 8 heteroatoms. The molecule has 164 valence electrons. The minimum absolute atomic E-state index is 0.0142. The molecule has 0 radical (unpaired) electrons. The summed E-state index contributed by atoms with van der Waals surface area (Å²) in [6.45, 7) is 5.76. The number of carbonyl (C=O) groups is 3. The van der Waals surface area contributed by atoms with E-state index < -0.39 is 0 Å². The maximum absolute atomic E-state index is 13.4. The molecule has 2 aliphatic rings. The second-order valence-electron chi connectivity index (χ2n) is 8.44. The number of benzene rings is 1. The Kier molecular flexibility index (Phi) is 6.18. The quantitative estimate of drug-likeness (QED) is 0.795. The first-order valence-electron chi connectivity index (χ1n) is 10.8. The van der Waals surface area contributed by atoms with Crippen LogP contribution in [0.1, 0.15) is 35.3 Å². The van der Waals surface area contributed by atoms with Crippen LogP contribution in [-0.4, -0.2) is 90.3 Å². The molecule has 2 saturated heterocycles. The van der Waals surface area contributed by atoms with Crippen LogP contribution in [0.2, 0.25) is 0 Å². The van der Waals surface area contributed by atoms with E-state index in [1.54, 1.807) is 4.90 Å². The normalized spacial score (nSPS) is 19.6. The summed E-state index contributed by atoms with van der Waals surface area (Å²) in [7, 11) is 2.07. The lowest BCUT2D eigenvalue weighted by atomic mass is 9.98. The van der Waals surface area contributed by atoms with Crippen molar-refractivity contribution in [3.05, 3.63) is 41.6 Å². The van der Waals surface area contributed by atoms with Crippen molar-refractivity contribution in [1.82, 2.24) is 25.0 Å². The van der Waals surface area contributed by atoms with Gasteiger partial charge in [-0.3, -0.25) is 19.4 Å². The van der Waals surface area contributed by atoms with Crippen LogP contribution in [0, 0.1) is 0 Å². The Morgan fingerprint density at radius 2 is 1.81 bits per heavy atom. The van der Waals surface area contributed by atoms with E-state index in [0.29, 0.717) is 18.7 Å². The number of aromatic nitrogens is 1. The van der Waals surface area contributed by atoms with E-state index in [2.05, 4.69) is 17.3 Å². The third kappa shape index (κ3) is 4.69. The maximum Gasteiger partial charge on any atom is 0.254 e. The standard InChI is InChI=1S/C23H29N5O3/c1-16(29)24-14-22(30)28-8-7-17(15-28)21-13-19(18-5-3-4-6-20(18)25-21)23(31)27-11-9-26(2)10-12-27/h3-6,13,17H,7-12,14-15H2,1-2H3,(H,24,29)/t17-/m1/s1.